The Morgan fingerprint density at radius 3 is 2.40 bits per heavy atom. The highest BCUT2D eigenvalue weighted by Gasteiger charge is 2.46. The lowest BCUT2D eigenvalue weighted by Crippen LogP contribution is -2.39. The minimum absolute atomic E-state index is 0.0970. The number of hydrogen-bond donors (Lipinski definition) is 0. The third-order valence-corrected chi connectivity index (χ3v) is 3.19. The molecular weight excluding hydrogens is 202 g/mol. The molecule has 0 spiro atoms. The van der Waals surface area contributed by atoms with Crippen molar-refractivity contribution in [3.05, 3.63) is 0 Å². The van der Waals surface area contributed by atoms with Gasteiger partial charge in [-0.3, -0.25) is 0 Å². The molecule has 1 rings (SSSR count). The Morgan fingerprint density at radius 2 is 2.10 bits per heavy atom. The van der Waals surface area contributed by atoms with Crippen LogP contribution in [0.2, 0.25) is 0 Å². The van der Waals surface area contributed by atoms with Gasteiger partial charge in [-0.25, -0.2) is 8.78 Å². The van der Waals surface area contributed by atoms with Crippen LogP contribution >= 0.6 is 15.9 Å². The van der Waals surface area contributed by atoms with Gasteiger partial charge in [0, 0.05) is 18.2 Å². The molecule has 0 aliphatic heterocycles. The van der Waals surface area contributed by atoms with Crippen molar-refractivity contribution < 1.29 is 8.78 Å². The van der Waals surface area contributed by atoms with Gasteiger partial charge in [-0.1, -0.05) is 22.9 Å². The van der Waals surface area contributed by atoms with Gasteiger partial charge in [0.25, 0.3) is 0 Å². The van der Waals surface area contributed by atoms with Gasteiger partial charge in [0.1, 0.15) is 0 Å². The highest BCUT2D eigenvalue weighted by Crippen LogP contribution is 2.46. The summed E-state index contributed by atoms with van der Waals surface area (Å²) in [5.74, 6) is -1.70. The minimum Gasteiger partial charge on any atom is -0.207 e. The van der Waals surface area contributed by atoms with Crippen LogP contribution in [-0.2, 0) is 0 Å². The van der Waals surface area contributed by atoms with Gasteiger partial charge in [-0.15, -0.1) is 0 Å². The highest BCUT2D eigenvalue weighted by molar-refractivity contribution is 9.09. The van der Waals surface area contributed by atoms with Crippen molar-refractivity contribution in [1.82, 2.24) is 0 Å². The summed E-state index contributed by atoms with van der Waals surface area (Å²) in [5.41, 5.74) is 0. The van der Waals surface area contributed by atoms with E-state index in [0.29, 0.717) is 5.92 Å². The zero-order valence-electron chi connectivity index (χ0n) is 5.91. The van der Waals surface area contributed by atoms with Crippen LogP contribution in [0.1, 0.15) is 19.8 Å². The molecule has 1 atom stereocenters. The van der Waals surface area contributed by atoms with E-state index in [0.717, 1.165) is 5.33 Å². The lowest BCUT2D eigenvalue weighted by atomic mass is 9.74. The normalized spacial score (nSPS) is 27.6. The smallest absolute Gasteiger partial charge is 0.207 e. The molecule has 10 heavy (non-hydrogen) atoms. The number of rotatable bonds is 2. The van der Waals surface area contributed by atoms with Crippen LogP contribution in [0, 0.1) is 11.8 Å². The van der Waals surface area contributed by atoms with Crippen LogP contribution in [0.25, 0.3) is 0 Å². The largest absolute Gasteiger partial charge is 0.248 e. The average molecular weight is 213 g/mol. The Bertz CT molecular complexity index is 117. The molecule has 0 bridgehead atoms. The summed E-state index contributed by atoms with van der Waals surface area (Å²) in [6, 6.07) is 0. The summed E-state index contributed by atoms with van der Waals surface area (Å²) in [7, 11) is 0. The minimum atomic E-state index is -2.35. The van der Waals surface area contributed by atoms with Gasteiger partial charge in [0.05, 0.1) is 0 Å². The average Bonchev–Trinajstić information content (AvgIpc) is 1.81. The van der Waals surface area contributed by atoms with E-state index in [1.807, 2.05) is 6.92 Å². The fourth-order valence-electron chi connectivity index (χ4n) is 1.24. The van der Waals surface area contributed by atoms with Crippen LogP contribution in [0.4, 0.5) is 8.78 Å². The van der Waals surface area contributed by atoms with Crippen molar-refractivity contribution in [2.75, 3.05) is 5.33 Å². The number of halogens is 3. The van der Waals surface area contributed by atoms with Crippen molar-refractivity contribution >= 4 is 15.9 Å². The fourth-order valence-corrected chi connectivity index (χ4v) is 1.76. The van der Waals surface area contributed by atoms with Crippen molar-refractivity contribution in [2.45, 2.75) is 25.7 Å². The maximum absolute atomic E-state index is 12.3. The molecule has 0 aromatic carbocycles. The van der Waals surface area contributed by atoms with Gasteiger partial charge >= 0.3 is 0 Å². The molecule has 1 fully saturated rings. The summed E-state index contributed by atoms with van der Waals surface area (Å²) >= 11 is 3.28. The van der Waals surface area contributed by atoms with Gasteiger partial charge in [0.15, 0.2) is 0 Å². The maximum atomic E-state index is 12.3. The number of hydrogen-bond acceptors (Lipinski definition) is 0. The monoisotopic (exact) mass is 212 g/mol. The molecule has 0 aromatic heterocycles. The van der Waals surface area contributed by atoms with Crippen LogP contribution in [0.5, 0.6) is 0 Å². The lowest BCUT2D eigenvalue weighted by molar-refractivity contribution is -0.121. The molecule has 0 nitrogen and oxygen atoms in total. The Kier molecular flexibility index (Phi) is 2.33. The van der Waals surface area contributed by atoms with Crippen molar-refractivity contribution in [2.24, 2.45) is 11.8 Å². The van der Waals surface area contributed by atoms with Gasteiger partial charge < -0.3 is 0 Å². The first-order valence-electron chi connectivity index (χ1n) is 3.49. The van der Waals surface area contributed by atoms with E-state index in [9.17, 15) is 8.78 Å². The molecule has 0 N–H and O–H groups in total. The lowest BCUT2D eigenvalue weighted by Gasteiger charge is -2.38. The molecule has 0 amide bonds. The van der Waals surface area contributed by atoms with E-state index in [1.54, 1.807) is 0 Å². The van der Waals surface area contributed by atoms with Gasteiger partial charge in [0.2, 0.25) is 5.92 Å². The van der Waals surface area contributed by atoms with Crippen LogP contribution < -0.4 is 0 Å². The summed E-state index contributed by atoms with van der Waals surface area (Å²) in [6.45, 7) is 2.01. The molecule has 3 heteroatoms. The van der Waals surface area contributed by atoms with E-state index < -0.39 is 5.92 Å². The molecule has 60 valence electrons. The summed E-state index contributed by atoms with van der Waals surface area (Å²) in [4.78, 5) is 0. The van der Waals surface area contributed by atoms with Crippen LogP contribution in [0.15, 0.2) is 0 Å². The van der Waals surface area contributed by atoms with Crippen LogP contribution in [0.3, 0.4) is 0 Å². The molecule has 0 saturated heterocycles. The quantitative estimate of drug-likeness (QED) is 0.618. The van der Waals surface area contributed by atoms with E-state index in [4.69, 9.17) is 0 Å². The molecule has 1 aliphatic carbocycles. The standard InChI is InChI=1S/C7H11BrF2/c1-5(4-8)6-2-7(9,10)3-6/h5-6H,2-4H2,1H3. The molecule has 0 heterocycles. The highest BCUT2D eigenvalue weighted by atomic mass is 79.9. The third-order valence-electron chi connectivity index (χ3n) is 2.17. The SMILES string of the molecule is CC(CBr)C1CC(F)(F)C1. The Balaban J connectivity index is 2.26. The van der Waals surface area contributed by atoms with E-state index in [-0.39, 0.29) is 18.8 Å². The maximum Gasteiger partial charge on any atom is 0.248 e. The molecule has 1 saturated carbocycles. The third kappa shape index (κ3) is 1.68. The predicted octanol–water partition coefficient (Wildman–Crippen LogP) is 3.06. The van der Waals surface area contributed by atoms with Gasteiger partial charge in [-0.05, 0) is 11.8 Å². The topological polar surface area (TPSA) is 0 Å². The van der Waals surface area contributed by atoms with Crippen LogP contribution in [-0.4, -0.2) is 11.3 Å². The summed E-state index contributed by atoms with van der Waals surface area (Å²) < 4.78 is 24.5. The fraction of sp³-hybridized carbons (Fsp3) is 1.00. The Hall–Kier alpha value is 0.340. The van der Waals surface area contributed by atoms with E-state index in [1.165, 1.54) is 0 Å². The first-order chi connectivity index (χ1) is 4.55. The molecular formula is C7H11BrF2. The summed E-state index contributed by atoms with van der Waals surface area (Å²) in [6.07, 6.45) is 0.194. The second-order valence-corrected chi connectivity index (χ2v) is 3.80. The van der Waals surface area contributed by atoms with Gasteiger partial charge in [-0.2, -0.15) is 0 Å². The second-order valence-electron chi connectivity index (χ2n) is 3.16. The number of alkyl halides is 3. The molecule has 1 unspecified atom stereocenters. The first-order valence-corrected chi connectivity index (χ1v) is 4.61. The van der Waals surface area contributed by atoms with E-state index in [2.05, 4.69) is 15.9 Å². The Labute approximate surface area is 68.1 Å². The second kappa shape index (κ2) is 2.76. The molecule has 1 aliphatic rings. The zero-order valence-corrected chi connectivity index (χ0v) is 7.50. The van der Waals surface area contributed by atoms with Crippen molar-refractivity contribution in [3.8, 4) is 0 Å². The predicted molar refractivity (Wildman–Crippen MR) is 40.6 cm³/mol. The molecule has 0 aromatic rings. The van der Waals surface area contributed by atoms with E-state index >= 15 is 0 Å². The van der Waals surface area contributed by atoms with Crippen molar-refractivity contribution in [1.29, 1.82) is 0 Å². The molecule has 0 radical (unpaired) electrons. The zero-order chi connectivity index (χ0) is 7.78. The summed E-state index contributed by atoms with van der Waals surface area (Å²) in [5, 5.41) is 0.841. The first kappa shape index (κ1) is 8.44. The Morgan fingerprint density at radius 1 is 1.60 bits per heavy atom. The van der Waals surface area contributed by atoms with Crippen molar-refractivity contribution in [3.63, 3.8) is 0 Å².